The number of anilines is 1. The second-order valence-electron chi connectivity index (χ2n) is 5.90. The van der Waals surface area contributed by atoms with Gasteiger partial charge >= 0.3 is 6.18 Å². The van der Waals surface area contributed by atoms with E-state index in [-0.39, 0.29) is 18.0 Å². The van der Waals surface area contributed by atoms with E-state index in [1.165, 1.54) is 6.07 Å². The van der Waals surface area contributed by atoms with E-state index >= 15 is 0 Å². The molecule has 1 N–H and O–H groups in total. The average Bonchev–Trinajstić information content (AvgIpc) is 2.67. The summed E-state index contributed by atoms with van der Waals surface area (Å²) in [5.74, 6) is -0.883. The van der Waals surface area contributed by atoms with Crippen molar-refractivity contribution in [2.45, 2.75) is 18.4 Å². The van der Waals surface area contributed by atoms with Crippen LogP contribution in [0.1, 0.15) is 17.2 Å². The first-order chi connectivity index (χ1) is 12.9. The lowest BCUT2D eigenvalue weighted by molar-refractivity contribution is -0.162. The average molecular weight is 381 g/mol. The molecule has 1 aliphatic rings. The molecule has 2 aromatic carbocycles. The lowest BCUT2D eigenvalue weighted by atomic mass is 10.0. The Morgan fingerprint density at radius 1 is 1.11 bits per heavy atom. The Bertz CT molecular complexity index is 795. The number of amides is 1. The number of alkyl halides is 3. The van der Waals surface area contributed by atoms with Crippen LogP contribution in [-0.4, -0.2) is 32.3 Å². The third-order valence-corrected chi connectivity index (χ3v) is 4.11. The minimum atomic E-state index is -4.55. The number of rotatable bonds is 4. The maximum atomic E-state index is 13.0. The fourth-order valence-corrected chi connectivity index (χ4v) is 2.87. The Morgan fingerprint density at radius 3 is 2.48 bits per heavy atom. The Labute approximate surface area is 154 Å². The van der Waals surface area contributed by atoms with Crippen LogP contribution in [0.5, 0.6) is 5.75 Å². The Hall–Kier alpha value is -2.58. The quantitative estimate of drug-likeness (QED) is 0.875. The van der Waals surface area contributed by atoms with E-state index in [2.05, 4.69) is 5.32 Å². The van der Waals surface area contributed by atoms with Gasteiger partial charge in [-0.2, -0.15) is 13.2 Å². The second kappa shape index (κ2) is 7.98. The van der Waals surface area contributed by atoms with E-state index in [1.54, 1.807) is 0 Å². The summed E-state index contributed by atoms with van der Waals surface area (Å²) in [5.41, 5.74) is 0.0376. The highest BCUT2D eigenvalue weighted by Crippen LogP contribution is 2.37. The number of benzene rings is 2. The monoisotopic (exact) mass is 381 g/mol. The van der Waals surface area contributed by atoms with Crippen LogP contribution >= 0.6 is 0 Å². The number of hydrogen-bond acceptors (Lipinski definition) is 4. The summed E-state index contributed by atoms with van der Waals surface area (Å²) in [6.07, 6.45) is -6.07. The van der Waals surface area contributed by atoms with Crippen molar-refractivity contribution < 1.29 is 32.2 Å². The van der Waals surface area contributed by atoms with E-state index in [0.29, 0.717) is 6.61 Å². The molecule has 8 heteroatoms. The van der Waals surface area contributed by atoms with Gasteiger partial charge in [0, 0.05) is 11.8 Å². The molecule has 1 amide bonds. The van der Waals surface area contributed by atoms with Crippen LogP contribution in [0, 0.1) is 0 Å². The maximum Gasteiger partial charge on any atom is 0.419 e. The van der Waals surface area contributed by atoms with Gasteiger partial charge in [-0.15, -0.1) is 0 Å². The highest BCUT2D eigenvalue weighted by molar-refractivity contribution is 5.95. The van der Waals surface area contributed by atoms with E-state index in [1.807, 2.05) is 30.3 Å². The fourth-order valence-electron chi connectivity index (χ4n) is 2.87. The van der Waals surface area contributed by atoms with E-state index in [9.17, 15) is 18.0 Å². The molecule has 0 unspecified atom stereocenters. The third kappa shape index (κ3) is 4.40. The van der Waals surface area contributed by atoms with Crippen molar-refractivity contribution in [2.24, 2.45) is 0 Å². The molecule has 1 saturated heterocycles. The lowest BCUT2D eigenvalue weighted by Crippen LogP contribution is -2.41. The van der Waals surface area contributed by atoms with Gasteiger partial charge in [0.15, 0.2) is 6.10 Å². The molecule has 0 spiro atoms. The van der Waals surface area contributed by atoms with Crippen LogP contribution in [-0.2, 0) is 20.4 Å². The van der Waals surface area contributed by atoms with Gasteiger partial charge in [-0.1, -0.05) is 30.3 Å². The first-order valence-corrected chi connectivity index (χ1v) is 8.24. The van der Waals surface area contributed by atoms with Gasteiger partial charge in [0.2, 0.25) is 0 Å². The van der Waals surface area contributed by atoms with E-state index in [0.717, 1.165) is 24.8 Å². The number of methoxy groups -OCH3 is 1. The lowest BCUT2D eigenvalue weighted by Gasteiger charge is -2.31. The minimum absolute atomic E-state index is 0.172. The van der Waals surface area contributed by atoms with E-state index in [4.69, 9.17) is 14.2 Å². The SMILES string of the molecule is COc1cc(NC(=O)[C@@H]2OCCO[C@@H]2c2ccccc2)ccc1C(F)(F)F. The molecule has 0 bridgehead atoms. The van der Waals surface area contributed by atoms with Crippen LogP contribution in [0.25, 0.3) is 0 Å². The maximum absolute atomic E-state index is 13.0. The summed E-state index contributed by atoms with van der Waals surface area (Å²) in [6.45, 7) is 0.592. The third-order valence-electron chi connectivity index (χ3n) is 4.11. The number of nitrogens with one attached hydrogen (secondary N) is 1. The molecule has 144 valence electrons. The van der Waals surface area contributed by atoms with Crippen LogP contribution in [0.2, 0.25) is 0 Å². The predicted octanol–water partition coefficient (Wildman–Crippen LogP) is 3.81. The zero-order valence-corrected chi connectivity index (χ0v) is 14.5. The zero-order valence-electron chi connectivity index (χ0n) is 14.5. The predicted molar refractivity (Wildman–Crippen MR) is 91.5 cm³/mol. The summed E-state index contributed by atoms with van der Waals surface area (Å²) in [7, 11) is 1.14. The smallest absolute Gasteiger partial charge is 0.419 e. The summed E-state index contributed by atoms with van der Waals surface area (Å²) in [5, 5.41) is 2.57. The van der Waals surface area contributed by atoms with Gasteiger partial charge < -0.3 is 19.5 Å². The summed E-state index contributed by atoms with van der Waals surface area (Å²) >= 11 is 0. The highest BCUT2D eigenvalue weighted by atomic mass is 19.4. The molecule has 0 aromatic heterocycles. The summed E-state index contributed by atoms with van der Waals surface area (Å²) < 4.78 is 54.9. The van der Waals surface area contributed by atoms with Gasteiger partial charge in [-0.05, 0) is 17.7 Å². The fraction of sp³-hybridized carbons (Fsp3) is 0.316. The van der Waals surface area contributed by atoms with Crippen molar-refractivity contribution in [3.63, 3.8) is 0 Å². The van der Waals surface area contributed by atoms with Crippen LogP contribution in [0.3, 0.4) is 0 Å². The molecule has 5 nitrogen and oxygen atoms in total. The Balaban J connectivity index is 1.79. The number of carbonyl (C=O) groups excluding carboxylic acids is 1. The largest absolute Gasteiger partial charge is 0.496 e. The van der Waals surface area contributed by atoms with Gasteiger partial charge in [0.05, 0.1) is 25.9 Å². The molecular weight excluding hydrogens is 363 g/mol. The van der Waals surface area contributed by atoms with Crippen molar-refractivity contribution in [3.8, 4) is 5.75 Å². The van der Waals surface area contributed by atoms with Crippen LogP contribution in [0.4, 0.5) is 18.9 Å². The molecule has 1 heterocycles. The molecular formula is C19H18F3NO4. The summed E-state index contributed by atoms with van der Waals surface area (Å²) in [6, 6.07) is 12.3. The minimum Gasteiger partial charge on any atom is -0.496 e. The number of ether oxygens (including phenoxy) is 3. The van der Waals surface area contributed by atoms with E-state index < -0.39 is 29.9 Å². The molecule has 3 rings (SSSR count). The van der Waals surface area contributed by atoms with Gasteiger partial charge in [0.1, 0.15) is 11.9 Å². The molecule has 1 fully saturated rings. The second-order valence-corrected chi connectivity index (χ2v) is 5.90. The van der Waals surface area contributed by atoms with Crippen molar-refractivity contribution in [1.82, 2.24) is 0 Å². The normalized spacial score (nSPS) is 20.1. The molecule has 2 aromatic rings. The highest BCUT2D eigenvalue weighted by Gasteiger charge is 2.36. The molecule has 0 radical (unpaired) electrons. The molecule has 2 atom stereocenters. The topological polar surface area (TPSA) is 56.8 Å². The number of halogens is 3. The Morgan fingerprint density at radius 2 is 1.81 bits per heavy atom. The first-order valence-electron chi connectivity index (χ1n) is 8.24. The van der Waals surface area contributed by atoms with Crippen molar-refractivity contribution in [2.75, 3.05) is 25.6 Å². The molecule has 1 aliphatic heterocycles. The first kappa shape index (κ1) is 19.2. The van der Waals surface area contributed by atoms with Crippen molar-refractivity contribution >= 4 is 11.6 Å². The molecule has 27 heavy (non-hydrogen) atoms. The molecule has 0 saturated carbocycles. The summed E-state index contributed by atoms with van der Waals surface area (Å²) in [4.78, 5) is 12.7. The van der Waals surface area contributed by atoms with Crippen molar-refractivity contribution in [1.29, 1.82) is 0 Å². The number of hydrogen-bond donors (Lipinski definition) is 1. The van der Waals surface area contributed by atoms with Gasteiger partial charge in [-0.25, -0.2) is 0 Å². The molecule has 0 aliphatic carbocycles. The standard InChI is InChI=1S/C19H18F3NO4/c1-25-15-11-13(7-8-14(15)19(20,21)22)23-18(24)17-16(26-9-10-27-17)12-5-3-2-4-6-12/h2-8,11,16-17H,9-10H2,1H3,(H,23,24)/t16-,17-/m1/s1. The zero-order chi connectivity index (χ0) is 19.4. The Kier molecular flexibility index (Phi) is 5.67. The van der Waals surface area contributed by atoms with Crippen LogP contribution < -0.4 is 10.1 Å². The van der Waals surface area contributed by atoms with Gasteiger partial charge in [0.25, 0.3) is 5.91 Å². The van der Waals surface area contributed by atoms with Crippen LogP contribution in [0.15, 0.2) is 48.5 Å². The van der Waals surface area contributed by atoms with Crippen molar-refractivity contribution in [3.05, 3.63) is 59.7 Å². The number of carbonyl (C=O) groups is 1. The van der Waals surface area contributed by atoms with Gasteiger partial charge in [-0.3, -0.25) is 4.79 Å².